The molecule has 1 aromatic heterocycles. The Morgan fingerprint density at radius 1 is 0.315 bits per heavy atom. The summed E-state index contributed by atoms with van der Waals surface area (Å²) < 4.78 is 2.43. The Morgan fingerprint density at radius 2 is 0.815 bits per heavy atom. The van der Waals surface area contributed by atoms with Gasteiger partial charge in [-0.05, 0) is 81.7 Å². The lowest BCUT2D eigenvalue weighted by Crippen LogP contribution is -2.11. The number of rotatable bonds is 7. The molecule has 0 N–H and O–H groups in total. The summed E-state index contributed by atoms with van der Waals surface area (Å²) in [5.41, 5.74) is 14.0. The molecule has 1 heterocycles. The van der Waals surface area contributed by atoms with E-state index in [1.165, 1.54) is 66.0 Å². The van der Waals surface area contributed by atoms with Crippen LogP contribution in [0, 0.1) is 0 Å². The zero-order chi connectivity index (χ0) is 35.8. The number of hydrogen-bond acceptors (Lipinski definition) is 1. The Labute approximate surface area is 315 Å². The van der Waals surface area contributed by atoms with Gasteiger partial charge in [0.25, 0.3) is 0 Å². The quantitative estimate of drug-likeness (QED) is 0.162. The lowest BCUT2D eigenvalue weighted by atomic mass is 9.98. The van der Waals surface area contributed by atoms with Crippen LogP contribution in [0.25, 0.3) is 71.6 Å². The second kappa shape index (κ2) is 13.4. The molecule has 0 saturated heterocycles. The molecule has 10 rings (SSSR count). The highest BCUT2D eigenvalue weighted by Gasteiger charge is 2.19. The van der Waals surface area contributed by atoms with E-state index in [1.807, 2.05) is 0 Å². The van der Waals surface area contributed by atoms with Crippen molar-refractivity contribution in [2.75, 3.05) is 4.90 Å². The first kappa shape index (κ1) is 31.6. The van der Waals surface area contributed by atoms with E-state index in [4.69, 9.17) is 0 Å². The van der Waals surface area contributed by atoms with E-state index < -0.39 is 0 Å². The first-order valence-electron chi connectivity index (χ1n) is 18.5. The summed E-state index contributed by atoms with van der Waals surface area (Å²) in [5.74, 6) is 0. The van der Waals surface area contributed by atoms with E-state index in [0.29, 0.717) is 0 Å². The summed E-state index contributed by atoms with van der Waals surface area (Å²) >= 11 is 0. The van der Waals surface area contributed by atoms with E-state index in [0.717, 1.165) is 22.7 Å². The van der Waals surface area contributed by atoms with Crippen LogP contribution in [-0.4, -0.2) is 4.57 Å². The standard InChI is InChI=1S/C52H36N2/c1-3-13-37(14-4-1)39-23-25-42(26-24-39)46-18-9-11-21-50(46)53(43-30-27-40(28-31-43)38-15-5-2-6-16-38)44-32-34-45(35-33-44)54-51-22-12-10-20-48(51)49-36-29-41-17-7-8-19-47(41)52(49)54/h1-36H. The zero-order valence-electron chi connectivity index (χ0n) is 29.7. The van der Waals surface area contributed by atoms with Crippen molar-refractivity contribution >= 4 is 49.6 Å². The number of aromatic nitrogens is 1. The first-order valence-corrected chi connectivity index (χ1v) is 18.5. The molecule has 0 amide bonds. The topological polar surface area (TPSA) is 8.17 Å². The molecule has 0 unspecified atom stereocenters. The second-order valence-electron chi connectivity index (χ2n) is 13.8. The minimum atomic E-state index is 1.09. The molecule has 0 radical (unpaired) electrons. The number of para-hydroxylation sites is 2. The SMILES string of the molecule is c1ccc(-c2ccc(-c3ccccc3N(c3ccc(-c4ccccc4)cc3)c3ccc(-n4c5ccccc5c5ccc6ccccc6c54)cc3)cc2)cc1. The highest BCUT2D eigenvalue weighted by Crippen LogP contribution is 2.43. The minimum Gasteiger partial charge on any atom is -0.310 e. The maximum Gasteiger partial charge on any atom is 0.0619 e. The van der Waals surface area contributed by atoms with Gasteiger partial charge in [0.1, 0.15) is 0 Å². The summed E-state index contributed by atoms with van der Waals surface area (Å²) in [7, 11) is 0. The van der Waals surface area contributed by atoms with Crippen LogP contribution in [0.4, 0.5) is 17.1 Å². The molecule has 0 aliphatic rings. The number of benzene rings is 9. The van der Waals surface area contributed by atoms with E-state index in [2.05, 4.69) is 228 Å². The van der Waals surface area contributed by atoms with Gasteiger partial charge in [-0.15, -0.1) is 0 Å². The van der Waals surface area contributed by atoms with Gasteiger partial charge in [-0.25, -0.2) is 0 Å². The lowest BCUT2D eigenvalue weighted by molar-refractivity contribution is 1.18. The van der Waals surface area contributed by atoms with Gasteiger partial charge in [0.15, 0.2) is 0 Å². The molecule has 54 heavy (non-hydrogen) atoms. The van der Waals surface area contributed by atoms with Gasteiger partial charge in [0, 0.05) is 38.8 Å². The molecule has 0 atom stereocenters. The van der Waals surface area contributed by atoms with E-state index in [-0.39, 0.29) is 0 Å². The van der Waals surface area contributed by atoms with Crippen molar-refractivity contribution in [1.29, 1.82) is 0 Å². The molecule has 2 nitrogen and oxygen atoms in total. The highest BCUT2D eigenvalue weighted by molar-refractivity contribution is 6.18. The van der Waals surface area contributed by atoms with E-state index in [1.54, 1.807) is 0 Å². The Hall–Kier alpha value is -7.16. The van der Waals surface area contributed by atoms with Crippen molar-refractivity contribution < 1.29 is 0 Å². The fourth-order valence-corrected chi connectivity index (χ4v) is 8.00. The van der Waals surface area contributed by atoms with Crippen LogP contribution in [-0.2, 0) is 0 Å². The van der Waals surface area contributed by atoms with E-state index in [9.17, 15) is 0 Å². The van der Waals surface area contributed by atoms with Crippen LogP contribution in [0.1, 0.15) is 0 Å². The fourth-order valence-electron chi connectivity index (χ4n) is 8.00. The predicted molar refractivity (Wildman–Crippen MR) is 229 cm³/mol. The number of fused-ring (bicyclic) bond motifs is 5. The maximum atomic E-state index is 2.43. The number of anilines is 3. The van der Waals surface area contributed by atoms with Crippen LogP contribution < -0.4 is 4.90 Å². The lowest BCUT2D eigenvalue weighted by Gasteiger charge is -2.28. The average molecular weight is 689 g/mol. The Bertz CT molecular complexity index is 2890. The van der Waals surface area contributed by atoms with Crippen LogP contribution >= 0.6 is 0 Å². The highest BCUT2D eigenvalue weighted by atomic mass is 15.1. The minimum absolute atomic E-state index is 1.09. The molecule has 0 bridgehead atoms. The summed E-state index contributed by atoms with van der Waals surface area (Å²) in [6.45, 7) is 0. The monoisotopic (exact) mass is 688 g/mol. The van der Waals surface area contributed by atoms with Gasteiger partial charge in [-0.2, -0.15) is 0 Å². The molecule has 254 valence electrons. The van der Waals surface area contributed by atoms with Gasteiger partial charge in [0.05, 0.1) is 16.7 Å². The third-order valence-corrected chi connectivity index (χ3v) is 10.6. The van der Waals surface area contributed by atoms with Crippen molar-refractivity contribution in [1.82, 2.24) is 4.57 Å². The first-order chi connectivity index (χ1) is 26.8. The third-order valence-electron chi connectivity index (χ3n) is 10.6. The van der Waals surface area contributed by atoms with E-state index >= 15 is 0 Å². The molecule has 10 aromatic rings. The number of nitrogens with zero attached hydrogens (tertiary/aromatic N) is 2. The Balaban J connectivity index is 1.12. The summed E-state index contributed by atoms with van der Waals surface area (Å²) in [6.07, 6.45) is 0. The molecular formula is C52H36N2. The third kappa shape index (κ3) is 5.53. The molecule has 0 aliphatic carbocycles. The van der Waals surface area contributed by atoms with Crippen LogP contribution in [0.5, 0.6) is 0 Å². The van der Waals surface area contributed by atoms with Gasteiger partial charge < -0.3 is 9.47 Å². The van der Waals surface area contributed by atoms with Crippen molar-refractivity contribution in [3.8, 4) is 39.1 Å². The molecular weight excluding hydrogens is 653 g/mol. The molecule has 0 aliphatic heterocycles. The van der Waals surface area contributed by atoms with Crippen molar-refractivity contribution in [2.45, 2.75) is 0 Å². The average Bonchev–Trinajstić information content (AvgIpc) is 3.60. The predicted octanol–water partition coefficient (Wildman–Crippen LogP) is 14.4. The smallest absolute Gasteiger partial charge is 0.0619 e. The molecule has 0 fully saturated rings. The maximum absolute atomic E-state index is 2.43. The number of hydrogen-bond donors (Lipinski definition) is 0. The van der Waals surface area contributed by atoms with Crippen molar-refractivity contribution in [3.63, 3.8) is 0 Å². The molecule has 0 saturated carbocycles. The van der Waals surface area contributed by atoms with Gasteiger partial charge in [0.2, 0.25) is 0 Å². The molecule has 9 aromatic carbocycles. The van der Waals surface area contributed by atoms with Crippen LogP contribution in [0.2, 0.25) is 0 Å². The second-order valence-corrected chi connectivity index (χ2v) is 13.8. The largest absolute Gasteiger partial charge is 0.310 e. The van der Waals surface area contributed by atoms with Gasteiger partial charge in [-0.3, -0.25) is 0 Å². The summed E-state index contributed by atoms with van der Waals surface area (Å²) in [5, 5.41) is 5.02. The molecule has 0 spiro atoms. The van der Waals surface area contributed by atoms with Crippen LogP contribution in [0.15, 0.2) is 218 Å². The fraction of sp³-hybridized carbons (Fsp3) is 0. The summed E-state index contributed by atoms with van der Waals surface area (Å²) in [6, 6.07) is 78.8. The molecule has 2 heteroatoms. The Kier molecular flexibility index (Phi) is 7.85. The normalized spacial score (nSPS) is 11.3. The van der Waals surface area contributed by atoms with Crippen LogP contribution in [0.3, 0.4) is 0 Å². The Morgan fingerprint density at radius 3 is 1.50 bits per heavy atom. The zero-order valence-corrected chi connectivity index (χ0v) is 29.7. The van der Waals surface area contributed by atoms with Crippen molar-refractivity contribution in [2.24, 2.45) is 0 Å². The van der Waals surface area contributed by atoms with Gasteiger partial charge in [-0.1, -0.05) is 170 Å². The van der Waals surface area contributed by atoms with Crippen molar-refractivity contribution in [3.05, 3.63) is 218 Å². The summed E-state index contributed by atoms with van der Waals surface area (Å²) in [4.78, 5) is 2.39. The van der Waals surface area contributed by atoms with Gasteiger partial charge >= 0.3 is 0 Å².